The third-order valence-corrected chi connectivity index (χ3v) is 5.93. The van der Waals surface area contributed by atoms with Gasteiger partial charge in [0.15, 0.2) is 0 Å². The number of hydrogen-bond acceptors (Lipinski definition) is 3. The number of carbonyl (C=O) groups is 1. The number of rotatable bonds is 7. The number of amides is 1. The van der Waals surface area contributed by atoms with Gasteiger partial charge in [-0.05, 0) is 54.8 Å². The molecule has 2 N–H and O–H groups in total. The van der Waals surface area contributed by atoms with Gasteiger partial charge in [-0.25, -0.2) is 21.9 Å². The molecule has 8 heteroatoms. The van der Waals surface area contributed by atoms with Gasteiger partial charge in [-0.15, -0.1) is 0 Å². The molecule has 30 heavy (non-hydrogen) atoms. The highest BCUT2D eigenvalue weighted by molar-refractivity contribution is 7.89. The van der Waals surface area contributed by atoms with Crippen molar-refractivity contribution in [1.82, 2.24) is 4.72 Å². The molecule has 0 saturated carbocycles. The number of halogens is 2. The van der Waals surface area contributed by atoms with Gasteiger partial charge in [0.1, 0.15) is 11.6 Å². The summed E-state index contributed by atoms with van der Waals surface area (Å²) in [7, 11) is -3.95. The molecule has 0 aliphatic heterocycles. The fourth-order valence-electron chi connectivity index (χ4n) is 2.77. The van der Waals surface area contributed by atoms with E-state index < -0.39 is 33.1 Å². The SMILES string of the molecule is Cc1ccc(NC(=O)c2cc(S(=O)(=O)NCCc3ccccc3)ccc2F)cc1F. The van der Waals surface area contributed by atoms with E-state index in [1.807, 2.05) is 30.3 Å². The normalized spacial score (nSPS) is 11.3. The van der Waals surface area contributed by atoms with Gasteiger partial charge in [0.2, 0.25) is 10.0 Å². The average Bonchev–Trinajstić information content (AvgIpc) is 2.71. The minimum atomic E-state index is -3.95. The molecule has 3 aromatic rings. The first kappa shape index (κ1) is 21.6. The number of anilines is 1. The Morgan fingerprint density at radius 2 is 1.67 bits per heavy atom. The van der Waals surface area contributed by atoms with Crippen LogP contribution in [0, 0.1) is 18.6 Å². The van der Waals surface area contributed by atoms with Crippen LogP contribution in [0.4, 0.5) is 14.5 Å². The summed E-state index contributed by atoms with van der Waals surface area (Å²) in [6, 6.07) is 16.3. The lowest BCUT2D eigenvalue weighted by molar-refractivity contribution is 0.102. The quantitative estimate of drug-likeness (QED) is 0.594. The lowest BCUT2D eigenvalue weighted by atomic mass is 10.1. The summed E-state index contributed by atoms with van der Waals surface area (Å²) in [4.78, 5) is 12.2. The first-order valence-electron chi connectivity index (χ1n) is 9.17. The van der Waals surface area contributed by atoms with Gasteiger partial charge >= 0.3 is 0 Å². The summed E-state index contributed by atoms with van der Waals surface area (Å²) in [5.74, 6) is -2.28. The summed E-state index contributed by atoms with van der Waals surface area (Å²) < 4.78 is 55.3. The lowest BCUT2D eigenvalue weighted by Crippen LogP contribution is -2.26. The van der Waals surface area contributed by atoms with Crippen LogP contribution in [0.3, 0.4) is 0 Å². The van der Waals surface area contributed by atoms with Crippen LogP contribution >= 0.6 is 0 Å². The zero-order valence-corrected chi connectivity index (χ0v) is 17.0. The second-order valence-corrected chi connectivity index (χ2v) is 8.46. The van der Waals surface area contributed by atoms with Crippen molar-refractivity contribution in [2.75, 3.05) is 11.9 Å². The van der Waals surface area contributed by atoms with Crippen molar-refractivity contribution in [2.45, 2.75) is 18.2 Å². The van der Waals surface area contributed by atoms with Crippen molar-refractivity contribution >= 4 is 21.6 Å². The molecule has 0 atom stereocenters. The molecule has 1 amide bonds. The maximum absolute atomic E-state index is 14.2. The highest BCUT2D eigenvalue weighted by Crippen LogP contribution is 2.19. The van der Waals surface area contributed by atoms with Crippen LogP contribution in [-0.2, 0) is 16.4 Å². The topological polar surface area (TPSA) is 75.3 Å². The van der Waals surface area contributed by atoms with Crippen molar-refractivity contribution in [3.8, 4) is 0 Å². The molecule has 3 rings (SSSR count). The number of hydrogen-bond donors (Lipinski definition) is 2. The van der Waals surface area contributed by atoms with Gasteiger partial charge in [-0.1, -0.05) is 36.4 Å². The molecule has 0 aliphatic rings. The van der Waals surface area contributed by atoms with Gasteiger partial charge in [-0.2, -0.15) is 0 Å². The Labute approximate surface area is 173 Å². The van der Waals surface area contributed by atoms with Crippen LogP contribution in [-0.4, -0.2) is 20.9 Å². The van der Waals surface area contributed by atoms with E-state index in [1.165, 1.54) is 12.1 Å². The molecule has 0 spiro atoms. The van der Waals surface area contributed by atoms with Crippen LogP contribution in [0.15, 0.2) is 71.6 Å². The smallest absolute Gasteiger partial charge is 0.258 e. The molecular formula is C22H20F2N2O3S. The highest BCUT2D eigenvalue weighted by Gasteiger charge is 2.19. The number of sulfonamides is 1. The standard InChI is InChI=1S/C22H20F2N2O3S/c1-15-7-8-17(13-21(15)24)26-22(27)19-14-18(9-10-20(19)23)30(28,29)25-12-11-16-5-3-2-4-6-16/h2-10,13-14,25H,11-12H2,1H3,(H,26,27). The third kappa shape index (κ3) is 5.28. The van der Waals surface area contributed by atoms with E-state index in [1.54, 1.807) is 6.92 Å². The number of benzene rings is 3. The van der Waals surface area contributed by atoms with Crippen LogP contribution in [0.1, 0.15) is 21.5 Å². The second-order valence-electron chi connectivity index (χ2n) is 6.69. The van der Waals surface area contributed by atoms with Crippen LogP contribution in [0.5, 0.6) is 0 Å². The predicted octanol–water partition coefficient (Wildman–Crippen LogP) is 4.05. The molecule has 5 nitrogen and oxygen atoms in total. The maximum atomic E-state index is 14.2. The van der Waals surface area contributed by atoms with Crippen LogP contribution in [0.25, 0.3) is 0 Å². The predicted molar refractivity (Wildman–Crippen MR) is 111 cm³/mol. The molecule has 3 aromatic carbocycles. The zero-order chi connectivity index (χ0) is 21.7. The van der Waals surface area contributed by atoms with Crippen molar-refractivity contribution in [1.29, 1.82) is 0 Å². The van der Waals surface area contributed by atoms with Crippen molar-refractivity contribution in [2.24, 2.45) is 0 Å². The minimum absolute atomic E-state index is 0.136. The summed E-state index contributed by atoms with van der Waals surface area (Å²) in [5.41, 5.74) is 1.04. The monoisotopic (exact) mass is 430 g/mol. The molecule has 0 unspecified atom stereocenters. The Kier molecular flexibility index (Phi) is 6.59. The van der Waals surface area contributed by atoms with E-state index in [0.29, 0.717) is 12.0 Å². The van der Waals surface area contributed by atoms with Crippen LogP contribution < -0.4 is 10.0 Å². The van der Waals surface area contributed by atoms with Crippen molar-refractivity contribution in [3.63, 3.8) is 0 Å². The third-order valence-electron chi connectivity index (χ3n) is 4.47. The summed E-state index contributed by atoms with van der Waals surface area (Å²) in [6.07, 6.45) is 0.480. The summed E-state index contributed by atoms with van der Waals surface area (Å²) in [5, 5.41) is 2.38. The van der Waals surface area contributed by atoms with E-state index in [9.17, 15) is 22.0 Å². The van der Waals surface area contributed by atoms with E-state index in [-0.39, 0.29) is 17.1 Å². The number of aryl methyl sites for hydroxylation is 1. The van der Waals surface area contributed by atoms with E-state index in [4.69, 9.17) is 0 Å². The summed E-state index contributed by atoms with van der Waals surface area (Å²) >= 11 is 0. The van der Waals surface area contributed by atoms with Crippen LogP contribution in [0.2, 0.25) is 0 Å². The molecule has 0 radical (unpaired) electrons. The zero-order valence-electron chi connectivity index (χ0n) is 16.2. The lowest BCUT2D eigenvalue weighted by Gasteiger charge is -2.10. The van der Waals surface area contributed by atoms with Crippen molar-refractivity contribution < 1.29 is 22.0 Å². The first-order chi connectivity index (χ1) is 14.3. The van der Waals surface area contributed by atoms with E-state index >= 15 is 0 Å². The van der Waals surface area contributed by atoms with Gasteiger partial charge < -0.3 is 5.32 Å². The molecule has 0 fully saturated rings. The highest BCUT2D eigenvalue weighted by atomic mass is 32.2. The molecule has 156 valence electrons. The Morgan fingerprint density at radius 1 is 0.933 bits per heavy atom. The maximum Gasteiger partial charge on any atom is 0.258 e. The Bertz CT molecular complexity index is 1170. The molecule has 0 aromatic heterocycles. The Hall–Kier alpha value is -3.10. The molecule has 0 saturated heterocycles. The minimum Gasteiger partial charge on any atom is -0.322 e. The second kappa shape index (κ2) is 9.15. The fraction of sp³-hybridized carbons (Fsp3) is 0.136. The first-order valence-corrected chi connectivity index (χ1v) is 10.7. The van der Waals surface area contributed by atoms with E-state index in [0.717, 1.165) is 29.8 Å². The molecule has 0 bridgehead atoms. The Morgan fingerprint density at radius 3 is 2.37 bits per heavy atom. The molecule has 0 aliphatic carbocycles. The van der Waals surface area contributed by atoms with E-state index in [2.05, 4.69) is 10.0 Å². The fourth-order valence-corrected chi connectivity index (χ4v) is 3.83. The van der Waals surface area contributed by atoms with Crippen molar-refractivity contribution in [3.05, 3.63) is 95.1 Å². The van der Waals surface area contributed by atoms with Gasteiger partial charge in [-0.3, -0.25) is 4.79 Å². The number of carbonyl (C=O) groups excluding carboxylic acids is 1. The van der Waals surface area contributed by atoms with Gasteiger partial charge in [0.25, 0.3) is 5.91 Å². The average molecular weight is 430 g/mol. The molecule has 0 heterocycles. The summed E-state index contributed by atoms with van der Waals surface area (Å²) in [6.45, 7) is 1.72. The largest absolute Gasteiger partial charge is 0.322 e. The molecular weight excluding hydrogens is 410 g/mol. The number of nitrogens with one attached hydrogen (secondary N) is 2. The van der Waals surface area contributed by atoms with Gasteiger partial charge in [0.05, 0.1) is 10.5 Å². The van der Waals surface area contributed by atoms with Gasteiger partial charge in [0, 0.05) is 12.2 Å². The Balaban J connectivity index is 1.74.